The molecule has 0 heterocycles. The molecule has 4 atom stereocenters. The summed E-state index contributed by atoms with van der Waals surface area (Å²) >= 11 is 0. The number of phenols is 2. The van der Waals surface area contributed by atoms with E-state index in [4.69, 9.17) is 20.9 Å². The van der Waals surface area contributed by atoms with Gasteiger partial charge in [-0.15, -0.1) is 0 Å². The Morgan fingerprint density at radius 1 is 0.521 bits per heavy atom. The van der Waals surface area contributed by atoms with Crippen LogP contribution in [0.25, 0.3) is 0 Å². The van der Waals surface area contributed by atoms with Crippen LogP contribution >= 0.6 is 0 Å². The molecule has 0 saturated heterocycles. The van der Waals surface area contributed by atoms with Crippen molar-refractivity contribution in [2.24, 2.45) is 33.5 Å². The standard InChI is InChI=1S/C42H52N2O4/c1-37-13-25-14-38(2,19-37)22-41(17-25,21-37)29-11-36(48-28-6-8-32(44)34(46)10-28)30(12-35(29)47-27-5-7-31(43)33(45)9-27)42-18-26-15-39(3,23-42)20-40(4,16-26)24-42/h5-12,25-26,45-46H,13-24,43-44H2,1-4H3. The first kappa shape index (κ1) is 30.5. The molecule has 254 valence electrons. The molecule has 6 heteroatoms. The van der Waals surface area contributed by atoms with Crippen molar-refractivity contribution < 1.29 is 19.7 Å². The van der Waals surface area contributed by atoms with Gasteiger partial charge in [0.2, 0.25) is 0 Å². The van der Waals surface area contributed by atoms with E-state index in [0.29, 0.717) is 56.4 Å². The molecule has 8 bridgehead atoms. The van der Waals surface area contributed by atoms with Crippen molar-refractivity contribution in [3.8, 4) is 34.5 Å². The maximum absolute atomic E-state index is 10.6. The molecule has 3 aromatic carbocycles. The molecule has 8 aliphatic rings. The summed E-state index contributed by atoms with van der Waals surface area (Å²) in [6.45, 7) is 10.1. The molecule has 8 fully saturated rings. The normalized spacial score (nSPS) is 40.3. The van der Waals surface area contributed by atoms with Crippen LogP contribution in [0.2, 0.25) is 0 Å². The molecule has 8 aliphatic carbocycles. The Labute approximate surface area is 285 Å². The number of hydrogen-bond donors (Lipinski definition) is 4. The second kappa shape index (κ2) is 9.57. The summed E-state index contributed by atoms with van der Waals surface area (Å²) in [6.07, 6.45) is 14.7. The topological polar surface area (TPSA) is 111 Å². The van der Waals surface area contributed by atoms with Crippen molar-refractivity contribution in [1.29, 1.82) is 0 Å². The number of hydrogen-bond acceptors (Lipinski definition) is 6. The van der Waals surface area contributed by atoms with Crippen LogP contribution in [-0.4, -0.2) is 10.2 Å². The first-order chi connectivity index (χ1) is 22.6. The van der Waals surface area contributed by atoms with E-state index in [0.717, 1.165) is 50.0 Å². The average Bonchev–Trinajstić information content (AvgIpc) is 2.93. The highest BCUT2D eigenvalue weighted by atomic mass is 16.5. The highest BCUT2D eigenvalue weighted by Crippen LogP contribution is 2.73. The zero-order valence-electron chi connectivity index (χ0n) is 29.1. The molecule has 11 rings (SSSR count). The quantitative estimate of drug-likeness (QED) is 0.156. The van der Waals surface area contributed by atoms with Crippen LogP contribution in [0.1, 0.15) is 116 Å². The van der Waals surface area contributed by atoms with Crippen LogP contribution in [0.4, 0.5) is 11.4 Å². The Morgan fingerprint density at radius 2 is 0.875 bits per heavy atom. The van der Waals surface area contributed by atoms with Gasteiger partial charge in [-0.1, -0.05) is 27.7 Å². The van der Waals surface area contributed by atoms with Crippen molar-refractivity contribution in [1.82, 2.24) is 0 Å². The van der Waals surface area contributed by atoms with E-state index in [1.165, 1.54) is 49.7 Å². The largest absolute Gasteiger partial charge is 0.506 e. The molecule has 6 N–H and O–H groups in total. The summed E-state index contributed by atoms with van der Waals surface area (Å²) in [4.78, 5) is 0. The van der Waals surface area contributed by atoms with Crippen LogP contribution in [0, 0.1) is 33.5 Å². The third-order valence-corrected chi connectivity index (χ3v) is 13.9. The van der Waals surface area contributed by atoms with Gasteiger partial charge in [0.05, 0.1) is 11.4 Å². The SMILES string of the molecule is CC12CC3CC(C)(C1)CC(c1cc(Oc4ccc(N)c(O)c4)c(C45CC6CC(C)(CC(C)(C6)C4)C5)cc1Oc1ccc(N)c(O)c1)(C3)C2. The molecule has 3 aromatic rings. The molecule has 0 radical (unpaired) electrons. The minimum absolute atomic E-state index is 0.0343. The maximum Gasteiger partial charge on any atom is 0.142 e. The first-order valence-electron chi connectivity index (χ1n) is 18.3. The Kier molecular flexibility index (Phi) is 6.09. The van der Waals surface area contributed by atoms with Gasteiger partial charge in [0.25, 0.3) is 0 Å². The van der Waals surface area contributed by atoms with Gasteiger partial charge in [0.1, 0.15) is 34.5 Å². The van der Waals surface area contributed by atoms with E-state index in [1.54, 1.807) is 24.3 Å². The van der Waals surface area contributed by atoms with Crippen LogP contribution in [-0.2, 0) is 10.8 Å². The van der Waals surface area contributed by atoms with E-state index in [2.05, 4.69) is 39.8 Å². The lowest BCUT2D eigenvalue weighted by Crippen LogP contribution is -2.57. The zero-order chi connectivity index (χ0) is 33.5. The summed E-state index contributed by atoms with van der Waals surface area (Å²) in [5, 5.41) is 21.2. The lowest BCUT2D eigenvalue weighted by Gasteiger charge is -2.66. The number of rotatable bonds is 6. The number of anilines is 2. The third kappa shape index (κ3) is 4.71. The molecule has 48 heavy (non-hydrogen) atoms. The molecule has 8 saturated carbocycles. The second-order valence-corrected chi connectivity index (χ2v) is 19.3. The average molecular weight is 649 g/mol. The fraction of sp³-hybridized carbons (Fsp3) is 0.571. The molecular weight excluding hydrogens is 596 g/mol. The van der Waals surface area contributed by atoms with Crippen LogP contribution in [0.5, 0.6) is 34.5 Å². The molecular formula is C42H52N2O4. The van der Waals surface area contributed by atoms with E-state index in [1.807, 2.05) is 12.1 Å². The zero-order valence-corrected chi connectivity index (χ0v) is 29.1. The highest BCUT2D eigenvalue weighted by molar-refractivity contribution is 5.60. The lowest BCUT2D eigenvalue weighted by molar-refractivity contribution is -0.112. The van der Waals surface area contributed by atoms with Crippen molar-refractivity contribution in [3.63, 3.8) is 0 Å². The number of nitrogens with two attached hydrogens (primary N) is 2. The molecule has 0 aromatic heterocycles. The maximum atomic E-state index is 10.6. The Balaban J connectivity index is 1.27. The first-order valence-corrected chi connectivity index (χ1v) is 18.3. The number of ether oxygens (including phenoxy) is 2. The van der Waals surface area contributed by atoms with Crippen molar-refractivity contribution in [2.45, 2.75) is 116 Å². The summed E-state index contributed by atoms with van der Waals surface area (Å²) < 4.78 is 13.9. The Morgan fingerprint density at radius 3 is 1.19 bits per heavy atom. The monoisotopic (exact) mass is 648 g/mol. The molecule has 0 amide bonds. The third-order valence-electron chi connectivity index (χ3n) is 13.9. The van der Waals surface area contributed by atoms with E-state index < -0.39 is 0 Å². The van der Waals surface area contributed by atoms with Gasteiger partial charge in [-0.05, 0) is 147 Å². The summed E-state index contributed by atoms with van der Waals surface area (Å²) in [5.74, 6) is 4.44. The number of phenolic OH excluding ortho intramolecular Hbond substituents is 2. The Bertz CT molecular complexity index is 1680. The van der Waals surface area contributed by atoms with Gasteiger partial charge in [-0.25, -0.2) is 0 Å². The van der Waals surface area contributed by atoms with Gasteiger partial charge in [0.15, 0.2) is 0 Å². The van der Waals surface area contributed by atoms with Crippen molar-refractivity contribution >= 4 is 11.4 Å². The fourth-order valence-electron chi connectivity index (χ4n) is 14.5. The van der Waals surface area contributed by atoms with E-state index >= 15 is 0 Å². The van der Waals surface area contributed by atoms with E-state index in [9.17, 15) is 10.2 Å². The van der Waals surface area contributed by atoms with Gasteiger partial charge >= 0.3 is 0 Å². The van der Waals surface area contributed by atoms with E-state index in [-0.39, 0.29) is 22.3 Å². The summed E-state index contributed by atoms with van der Waals surface area (Å²) in [5.41, 5.74) is 16.3. The lowest BCUT2D eigenvalue weighted by atomic mass is 9.38. The van der Waals surface area contributed by atoms with Gasteiger partial charge in [0, 0.05) is 34.1 Å². The summed E-state index contributed by atoms with van der Waals surface area (Å²) in [7, 11) is 0. The van der Waals surface area contributed by atoms with Crippen molar-refractivity contribution in [3.05, 3.63) is 59.7 Å². The molecule has 6 nitrogen and oxygen atoms in total. The second-order valence-electron chi connectivity index (χ2n) is 19.3. The van der Waals surface area contributed by atoms with Gasteiger partial charge in [-0.3, -0.25) is 0 Å². The molecule has 4 unspecified atom stereocenters. The minimum Gasteiger partial charge on any atom is -0.506 e. The molecule has 0 aliphatic heterocycles. The highest BCUT2D eigenvalue weighted by Gasteiger charge is 2.63. The smallest absolute Gasteiger partial charge is 0.142 e. The van der Waals surface area contributed by atoms with Crippen LogP contribution in [0.3, 0.4) is 0 Å². The number of nitrogen functional groups attached to an aromatic ring is 2. The Hall–Kier alpha value is -3.54. The van der Waals surface area contributed by atoms with Crippen molar-refractivity contribution in [2.75, 3.05) is 11.5 Å². The number of benzene rings is 3. The predicted octanol–water partition coefficient (Wildman–Crippen LogP) is 10.3. The summed E-state index contributed by atoms with van der Waals surface area (Å²) in [6, 6.07) is 15.2. The predicted molar refractivity (Wildman–Crippen MR) is 190 cm³/mol. The minimum atomic E-state index is -0.0343. The number of aromatic hydroxyl groups is 2. The van der Waals surface area contributed by atoms with Crippen LogP contribution < -0.4 is 20.9 Å². The van der Waals surface area contributed by atoms with Crippen LogP contribution in [0.15, 0.2) is 48.5 Å². The van der Waals surface area contributed by atoms with Gasteiger partial charge < -0.3 is 31.2 Å². The van der Waals surface area contributed by atoms with Gasteiger partial charge in [-0.2, -0.15) is 0 Å². The fourth-order valence-corrected chi connectivity index (χ4v) is 14.5. The molecule has 0 spiro atoms.